The Morgan fingerprint density at radius 1 is 1.04 bits per heavy atom. The molecule has 51 heavy (non-hydrogen) atoms. The second kappa shape index (κ2) is 15.4. The summed E-state index contributed by atoms with van der Waals surface area (Å²) < 4.78 is 45.0. The van der Waals surface area contributed by atoms with Gasteiger partial charge in [0, 0.05) is 41.1 Å². The molecule has 10 heteroatoms. The van der Waals surface area contributed by atoms with Gasteiger partial charge >= 0.3 is 0 Å². The second-order valence-corrected chi connectivity index (χ2v) is 18.0. The van der Waals surface area contributed by atoms with Crippen LogP contribution < -0.4 is 0 Å². The maximum absolute atomic E-state index is 14.9. The third kappa shape index (κ3) is 7.94. The standard InChI is InChI=1S/C41H45ClFNO5S2/c1-28-9-7-20-40(2)35(19-21-41(40,47)27-44(26-29-10-4-3-5-11-29)51(48,49)39-14-8-22-50-39)32-18-16-30(23-31(45)17-15-28)24-33(32)38(46)25-34-36(42)12-6-13-37(34)43/h3-6,8-14,16,18,22,24,31,35,45,47H,7,15,17,19-21,23,25-27H2,1-2H3. The summed E-state index contributed by atoms with van der Waals surface area (Å²) in [5, 5.41) is 25.8. The van der Waals surface area contributed by atoms with Crippen LogP contribution in [-0.4, -0.2) is 47.0 Å². The molecular formula is C41H45ClFNO5S2. The maximum atomic E-state index is 14.9. The molecule has 3 aliphatic rings. The summed E-state index contributed by atoms with van der Waals surface area (Å²) >= 11 is 7.52. The number of Topliss-reactive ketones (excluding diaryl/α,β-unsaturated/α-hetero) is 1. The van der Waals surface area contributed by atoms with Crippen molar-refractivity contribution in [2.45, 2.75) is 93.6 Å². The van der Waals surface area contributed by atoms with E-state index in [1.165, 1.54) is 16.4 Å². The number of aliphatic hydroxyl groups excluding tert-OH is 1. The minimum absolute atomic E-state index is 0.0906. The van der Waals surface area contributed by atoms with Crippen LogP contribution in [0.15, 0.2) is 100 Å². The van der Waals surface area contributed by atoms with Crippen molar-refractivity contribution in [1.82, 2.24) is 4.31 Å². The van der Waals surface area contributed by atoms with E-state index in [1.54, 1.807) is 23.6 Å². The van der Waals surface area contributed by atoms with Gasteiger partial charge in [-0.15, -0.1) is 11.3 Å². The Morgan fingerprint density at radius 3 is 2.55 bits per heavy atom. The molecule has 4 aromatic rings. The van der Waals surface area contributed by atoms with E-state index in [0.29, 0.717) is 50.5 Å². The predicted molar refractivity (Wildman–Crippen MR) is 201 cm³/mol. The number of allylic oxidation sites excluding steroid dienone is 2. The van der Waals surface area contributed by atoms with E-state index in [4.69, 9.17) is 11.6 Å². The molecule has 7 rings (SSSR count). The lowest BCUT2D eigenvalue weighted by Crippen LogP contribution is -2.53. The van der Waals surface area contributed by atoms with Gasteiger partial charge in [0.2, 0.25) is 0 Å². The number of rotatable bonds is 9. The molecule has 1 aromatic heterocycles. The summed E-state index contributed by atoms with van der Waals surface area (Å²) in [6, 6.07) is 22.7. The fraction of sp³-hybridized carbons (Fsp3) is 0.390. The fourth-order valence-electron chi connectivity index (χ4n) is 8.04. The topological polar surface area (TPSA) is 94.9 Å². The summed E-state index contributed by atoms with van der Waals surface area (Å²) in [6.07, 6.45) is 4.89. The van der Waals surface area contributed by atoms with Crippen molar-refractivity contribution in [1.29, 1.82) is 0 Å². The number of aliphatic hydroxyl groups is 2. The Bertz CT molecular complexity index is 1980. The van der Waals surface area contributed by atoms with Crippen LogP contribution in [0.3, 0.4) is 0 Å². The molecule has 3 aliphatic carbocycles. The third-order valence-electron chi connectivity index (χ3n) is 11.1. The Morgan fingerprint density at radius 2 is 1.82 bits per heavy atom. The lowest BCUT2D eigenvalue weighted by molar-refractivity contribution is -0.0731. The molecule has 6 nitrogen and oxygen atoms in total. The fourth-order valence-corrected chi connectivity index (χ4v) is 10.9. The summed E-state index contributed by atoms with van der Waals surface area (Å²) in [7, 11) is -3.97. The van der Waals surface area contributed by atoms with Gasteiger partial charge in [0.15, 0.2) is 5.78 Å². The highest BCUT2D eigenvalue weighted by molar-refractivity contribution is 7.91. The van der Waals surface area contributed by atoms with Crippen molar-refractivity contribution >= 4 is 38.7 Å². The number of benzene rings is 3. The number of thiophene rings is 1. The van der Waals surface area contributed by atoms with Crippen LogP contribution in [-0.2, 0) is 29.4 Å². The number of carbonyl (C=O) groups is 1. The van der Waals surface area contributed by atoms with Gasteiger partial charge in [0.05, 0.1) is 11.7 Å². The van der Waals surface area contributed by atoms with Gasteiger partial charge in [-0.2, -0.15) is 4.31 Å². The zero-order chi connectivity index (χ0) is 36.4. The number of halogens is 2. The van der Waals surface area contributed by atoms with E-state index < -0.39 is 33.0 Å². The van der Waals surface area contributed by atoms with Gasteiger partial charge in [-0.3, -0.25) is 4.79 Å². The number of ketones is 1. The second-order valence-electron chi connectivity index (χ2n) is 14.4. The zero-order valence-electron chi connectivity index (χ0n) is 29.0. The van der Waals surface area contributed by atoms with Crippen molar-refractivity contribution in [2.75, 3.05) is 6.54 Å². The van der Waals surface area contributed by atoms with E-state index in [2.05, 4.69) is 6.08 Å². The highest BCUT2D eigenvalue weighted by Crippen LogP contribution is 2.59. The van der Waals surface area contributed by atoms with Crippen LogP contribution in [0.25, 0.3) is 0 Å². The summed E-state index contributed by atoms with van der Waals surface area (Å²) in [5.74, 6) is -1.19. The van der Waals surface area contributed by atoms with Crippen molar-refractivity contribution in [3.8, 4) is 0 Å². The highest BCUT2D eigenvalue weighted by Gasteiger charge is 2.58. The molecule has 4 unspecified atom stereocenters. The van der Waals surface area contributed by atoms with E-state index in [0.717, 1.165) is 33.6 Å². The Kier molecular flexibility index (Phi) is 11.4. The molecule has 0 aliphatic heterocycles. The smallest absolute Gasteiger partial charge is 0.252 e. The van der Waals surface area contributed by atoms with Gasteiger partial charge in [-0.25, -0.2) is 12.8 Å². The normalized spacial score (nSPS) is 24.3. The summed E-state index contributed by atoms with van der Waals surface area (Å²) in [4.78, 5) is 14.2. The first-order valence-electron chi connectivity index (χ1n) is 17.5. The van der Waals surface area contributed by atoms with Crippen LogP contribution in [0, 0.1) is 11.2 Å². The molecule has 1 saturated carbocycles. The molecule has 3 aromatic carbocycles. The van der Waals surface area contributed by atoms with E-state index in [-0.39, 0.29) is 46.0 Å². The van der Waals surface area contributed by atoms with Gasteiger partial charge < -0.3 is 10.2 Å². The quantitative estimate of drug-likeness (QED) is 0.132. The maximum Gasteiger partial charge on any atom is 0.252 e. The highest BCUT2D eigenvalue weighted by atomic mass is 35.5. The van der Waals surface area contributed by atoms with E-state index in [1.807, 2.05) is 62.4 Å². The average Bonchev–Trinajstić information content (AvgIpc) is 3.73. The average molecular weight is 750 g/mol. The predicted octanol–water partition coefficient (Wildman–Crippen LogP) is 8.90. The van der Waals surface area contributed by atoms with Crippen molar-refractivity contribution in [2.24, 2.45) is 5.41 Å². The van der Waals surface area contributed by atoms with E-state index >= 15 is 0 Å². The summed E-state index contributed by atoms with van der Waals surface area (Å²) in [6.45, 7) is 4.04. The van der Waals surface area contributed by atoms with Gasteiger partial charge in [0.25, 0.3) is 10.0 Å². The minimum Gasteiger partial charge on any atom is -0.393 e. The van der Waals surface area contributed by atoms with Gasteiger partial charge in [0.1, 0.15) is 10.0 Å². The number of hydrogen-bond donors (Lipinski definition) is 2. The van der Waals surface area contributed by atoms with Crippen LogP contribution in [0.2, 0.25) is 5.02 Å². The number of hydrogen-bond acceptors (Lipinski definition) is 6. The van der Waals surface area contributed by atoms with Crippen LogP contribution in [0.5, 0.6) is 0 Å². The SMILES string of the molecule is CC1=CCCC2(C)C(CCC2(O)CN(Cc2ccccc2)S(=O)(=O)c2cccs2)c2ccc(cc2C(=O)Cc2c(F)cccc2Cl)CC(O)CC1. The molecule has 2 N–H and O–H groups in total. The lowest BCUT2D eigenvalue weighted by Gasteiger charge is -2.46. The minimum atomic E-state index is -3.97. The zero-order valence-corrected chi connectivity index (χ0v) is 31.4. The molecule has 4 atom stereocenters. The molecule has 0 spiro atoms. The Labute approximate surface area is 309 Å². The van der Waals surface area contributed by atoms with Crippen molar-refractivity contribution < 1.29 is 27.8 Å². The molecule has 1 heterocycles. The lowest BCUT2D eigenvalue weighted by atomic mass is 9.64. The first kappa shape index (κ1) is 37.6. The largest absolute Gasteiger partial charge is 0.393 e. The molecule has 1 fully saturated rings. The monoisotopic (exact) mass is 749 g/mol. The van der Waals surface area contributed by atoms with Crippen LogP contribution >= 0.6 is 22.9 Å². The van der Waals surface area contributed by atoms with Gasteiger partial charge in [-0.05, 0) is 104 Å². The van der Waals surface area contributed by atoms with Crippen molar-refractivity contribution in [3.63, 3.8) is 0 Å². The molecule has 0 saturated heterocycles. The van der Waals surface area contributed by atoms with Crippen molar-refractivity contribution in [3.05, 3.63) is 135 Å². The molecular weight excluding hydrogens is 705 g/mol. The third-order valence-corrected chi connectivity index (χ3v) is 14.6. The van der Waals surface area contributed by atoms with E-state index in [9.17, 15) is 27.8 Å². The molecule has 2 bridgehead atoms. The first-order valence-corrected chi connectivity index (χ1v) is 20.2. The Balaban J connectivity index is 1.45. The first-order chi connectivity index (χ1) is 24.3. The molecule has 270 valence electrons. The number of carbonyl (C=O) groups excluding carboxylic acids is 1. The Hall–Kier alpha value is -3.18. The molecule has 0 radical (unpaired) electrons. The number of nitrogens with zero attached hydrogens (tertiary/aromatic N) is 1. The molecule has 0 amide bonds. The van der Waals surface area contributed by atoms with Crippen LogP contribution in [0.4, 0.5) is 4.39 Å². The van der Waals surface area contributed by atoms with Crippen LogP contribution in [0.1, 0.15) is 90.9 Å². The number of fused-ring (bicyclic) bond motifs is 8. The summed E-state index contributed by atoms with van der Waals surface area (Å²) in [5.41, 5.74) is 1.69. The van der Waals surface area contributed by atoms with Gasteiger partial charge in [-0.1, -0.05) is 84.8 Å². The number of sulfonamides is 1.